The molecule has 1 N–H and O–H groups in total. The normalized spacial score (nSPS) is 10.8. The van der Waals surface area contributed by atoms with E-state index in [2.05, 4.69) is 20.1 Å². The molecule has 3 heterocycles. The van der Waals surface area contributed by atoms with Gasteiger partial charge in [0.15, 0.2) is 17.4 Å². The van der Waals surface area contributed by atoms with E-state index in [0.29, 0.717) is 11.1 Å². The van der Waals surface area contributed by atoms with Gasteiger partial charge in [-0.05, 0) is 36.4 Å². The molecule has 38 heavy (non-hydrogen) atoms. The van der Waals surface area contributed by atoms with Crippen LogP contribution in [0.15, 0.2) is 84.4 Å². The fraction of sp³-hybridized carbons (Fsp3) is 0.0385. The zero-order valence-electron chi connectivity index (χ0n) is 19.6. The molecule has 190 valence electrons. The van der Waals surface area contributed by atoms with Crippen molar-refractivity contribution in [1.29, 1.82) is 0 Å². The van der Waals surface area contributed by atoms with E-state index in [0.717, 1.165) is 29.2 Å². The lowest BCUT2D eigenvalue weighted by Crippen LogP contribution is -2.31. The molecule has 0 atom stereocenters. The van der Waals surface area contributed by atoms with Crippen molar-refractivity contribution < 1.29 is 22.7 Å². The molecule has 0 saturated carbocycles. The number of pyridine rings is 1. The van der Waals surface area contributed by atoms with Crippen molar-refractivity contribution in [2.24, 2.45) is 7.05 Å². The quantitative estimate of drug-likeness (QED) is 0.348. The van der Waals surface area contributed by atoms with Gasteiger partial charge in [-0.1, -0.05) is 0 Å². The molecule has 0 bridgehead atoms. The minimum Gasteiger partial charge on any atom is -0.435 e. The highest BCUT2D eigenvalue weighted by atomic mass is 19.1. The molecule has 12 heteroatoms. The van der Waals surface area contributed by atoms with Crippen LogP contribution in [0.25, 0.3) is 11.1 Å². The van der Waals surface area contributed by atoms with Gasteiger partial charge in [0, 0.05) is 49.0 Å². The Balaban J connectivity index is 1.57. The second-order valence-electron chi connectivity index (χ2n) is 8.01. The van der Waals surface area contributed by atoms with Crippen LogP contribution >= 0.6 is 0 Å². The zero-order valence-corrected chi connectivity index (χ0v) is 19.6. The molecule has 0 aliphatic carbocycles. The van der Waals surface area contributed by atoms with E-state index in [-0.39, 0.29) is 17.1 Å². The Labute approximate surface area is 212 Å². The maximum absolute atomic E-state index is 15.5. The average Bonchev–Trinajstić information content (AvgIpc) is 3.34. The van der Waals surface area contributed by atoms with Gasteiger partial charge in [0.05, 0.1) is 17.4 Å². The van der Waals surface area contributed by atoms with E-state index in [9.17, 15) is 14.0 Å². The van der Waals surface area contributed by atoms with Crippen LogP contribution in [0.2, 0.25) is 0 Å². The molecule has 2 aromatic carbocycles. The third-order valence-electron chi connectivity index (χ3n) is 5.48. The van der Waals surface area contributed by atoms with Crippen LogP contribution in [-0.4, -0.2) is 30.6 Å². The first kappa shape index (κ1) is 24.4. The van der Waals surface area contributed by atoms with Crippen molar-refractivity contribution in [3.05, 3.63) is 113 Å². The summed E-state index contributed by atoms with van der Waals surface area (Å²) < 4.78 is 51.5. The van der Waals surface area contributed by atoms with Gasteiger partial charge in [0.25, 0.3) is 11.5 Å². The molecule has 3 aromatic heterocycles. The Kier molecular flexibility index (Phi) is 6.44. The van der Waals surface area contributed by atoms with Crippen molar-refractivity contribution in [3.63, 3.8) is 0 Å². The van der Waals surface area contributed by atoms with Crippen LogP contribution in [0.3, 0.4) is 0 Å². The lowest BCUT2D eigenvalue weighted by atomic mass is 10.1. The molecular formula is C26H17F3N6O3. The molecule has 0 radical (unpaired) electrons. The summed E-state index contributed by atoms with van der Waals surface area (Å²) in [7, 11) is 1.71. The summed E-state index contributed by atoms with van der Waals surface area (Å²) >= 11 is 0. The van der Waals surface area contributed by atoms with Crippen LogP contribution in [0.5, 0.6) is 11.6 Å². The summed E-state index contributed by atoms with van der Waals surface area (Å²) in [5.41, 5.74) is -0.625. The number of amides is 1. The fourth-order valence-electron chi connectivity index (χ4n) is 3.70. The third kappa shape index (κ3) is 4.74. The minimum atomic E-state index is -1.05. The number of hydrogen-bond acceptors (Lipinski definition) is 6. The fourth-order valence-corrected chi connectivity index (χ4v) is 3.70. The number of nitrogens with zero attached hydrogens (tertiary/aromatic N) is 5. The van der Waals surface area contributed by atoms with Gasteiger partial charge in [-0.25, -0.2) is 23.1 Å². The number of aromatic nitrogens is 5. The number of carbonyl (C=O) groups is 1. The van der Waals surface area contributed by atoms with E-state index in [1.165, 1.54) is 49.2 Å². The molecule has 5 rings (SSSR count). The van der Waals surface area contributed by atoms with Crippen molar-refractivity contribution >= 4 is 17.3 Å². The molecule has 0 fully saturated rings. The SMILES string of the molecule is Cn1cc(-c2cncnc2Oc2cc(F)c(N(C(=O)c3ccc[nH]c3=O)c3ccc(F)cc3)cc2F)cn1. The molecule has 0 aliphatic heterocycles. The lowest BCUT2D eigenvalue weighted by Gasteiger charge is -2.24. The van der Waals surface area contributed by atoms with Gasteiger partial charge in [-0.3, -0.25) is 19.2 Å². The molecular weight excluding hydrogens is 501 g/mol. The van der Waals surface area contributed by atoms with E-state index < -0.39 is 40.4 Å². The maximum atomic E-state index is 15.5. The number of rotatable bonds is 6. The lowest BCUT2D eigenvalue weighted by molar-refractivity contribution is 0.0997. The molecule has 5 aromatic rings. The Morgan fingerprint density at radius 3 is 2.55 bits per heavy atom. The molecule has 9 nitrogen and oxygen atoms in total. The Hall–Kier alpha value is -5.26. The number of benzene rings is 2. The number of H-pyrrole nitrogens is 1. The number of anilines is 2. The van der Waals surface area contributed by atoms with Crippen LogP contribution in [0.1, 0.15) is 10.4 Å². The number of hydrogen-bond donors (Lipinski definition) is 1. The zero-order chi connectivity index (χ0) is 26.8. The largest absolute Gasteiger partial charge is 0.435 e. The van der Waals surface area contributed by atoms with Gasteiger partial charge in [0.1, 0.15) is 17.7 Å². The van der Waals surface area contributed by atoms with E-state index in [1.807, 2.05) is 0 Å². The minimum absolute atomic E-state index is 0.00119. The first-order chi connectivity index (χ1) is 18.3. The number of aromatic amines is 1. The van der Waals surface area contributed by atoms with Crippen LogP contribution in [0.4, 0.5) is 24.5 Å². The molecule has 0 saturated heterocycles. The second kappa shape index (κ2) is 10.0. The van der Waals surface area contributed by atoms with Gasteiger partial charge in [-0.2, -0.15) is 5.10 Å². The van der Waals surface area contributed by atoms with Crippen molar-refractivity contribution in [3.8, 4) is 22.8 Å². The van der Waals surface area contributed by atoms with E-state index in [4.69, 9.17) is 4.74 Å². The van der Waals surface area contributed by atoms with Crippen molar-refractivity contribution in [2.75, 3.05) is 4.90 Å². The molecule has 0 aliphatic rings. The van der Waals surface area contributed by atoms with Crippen LogP contribution in [-0.2, 0) is 7.05 Å². The van der Waals surface area contributed by atoms with Crippen LogP contribution in [0, 0.1) is 17.5 Å². The van der Waals surface area contributed by atoms with Crippen molar-refractivity contribution in [1.82, 2.24) is 24.7 Å². The summed E-state index contributed by atoms with van der Waals surface area (Å²) in [6.45, 7) is 0. The van der Waals surface area contributed by atoms with Crippen LogP contribution < -0.4 is 15.2 Å². The number of nitrogens with one attached hydrogen (secondary N) is 1. The van der Waals surface area contributed by atoms with Gasteiger partial charge in [0.2, 0.25) is 5.88 Å². The Bertz CT molecular complexity index is 1700. The monoisotopic (exact) mass is 518 g/mol. The van der Waals surface area contributed by atoms with Gasteiger partial charge in [-0.15, -0.1) is 0 Å². The smallest absolute Gasteiger partial charge is 0.268 e. The molecule has 0 spiro atoms. The first-order valence-electron chi connectivity index (χ1n) is 11.1. The predicted molar refractivity (Wildman–Crippen MR) is 131 cm³/mol. The Morgan fingerprint density at radius 2 is 1.84 bits per heavy atom. The maximum Gasteiger partial charge on any atom is 0.268 e. The first-order valence-corrected chi connectivity index (χ1v) is 11.1. The summed E-state index contributed by atoms with van der Waals surface area (Å²) in [5, 5.41) is 4.07. The topological polar surface area (TPSA) is 106 Å². The molecule has 0 unspecified atom stereocenters. The summed E-state index contributed by atoms with van der Waals surface area (Å²) in [4.78, 5) is 36.7. The Morgan fingerprint density at radius 1 is 1.05 bits per heavy atom. The highest BCUT2D eigenvalue weighted by molar-refractivity contribution is 6.10. The van der Waals surface area contributed by atoms with Gasteiger partial charge >= 0.3 is 0 Å². The third-order valence-corrected chi connectivity index (χ3v) is 5.48. The average molecular weight is 518 g/mol. The number of carbonyl (C=O) groups excluding carboxylic acids is 1. The molecule has 1 amide bonds. The standard InChI is InChI=1S/C26H17F3N6O3/c1-34-13-15(11-33-34)19-12-30-14-32-25(19)38-23-10-20(28)22(9-21(23)29)35(17-6-4-16(27)5-7-17)26(37)18-3-2-8-31-24(18)36/h2-14H,1H3,(H,31,36). The summed E-state index contributed by atoms with van der Waals surface area (Å²) in [6, 6.07) is 8.63. The highest BCUT2D eigenvalue weighted by Crippen LogP contribution is 2.37. The van der Waals surface area contributed by atoms with Crippen molar-refractivity contribution in [2.45, 2.75) is 0 Å². The number of ether oxygens (including phenoxy) is 1. The highest BCUT2D eigenvalue weighted by Gasteiger charge is 2.27. The van der Waals surface area contributed by atoms with Gasteiger partial charge < -0.3 is 9.72 Å². The van der Waals surface area contributed by atoms with E-state index in [1.54, 1.807) is 17.9 Å². The second-order valence-corrected chi connectivity index (χ2v) is 8.01. The summed E-state index contributed by atoms with van der Waals surface area (Å²) in [6.07, 6.45) is 7.14. The number of halogens is 3. The summed E-state index contributed by atoms with van der Waals surface area (Å²) in [5.74, 6) is -4.22. The van der Waals surface area contributed by atoms with E-state index >= 15 is 8.78 Å². The predicted octanol–water partition coefficient (Wildman–Crippen LogP) is 4.75. The number of aryl methyl sites for hydroxylation is 1.